The topological polar surface area (TPSA) is 38.9 Å². The van der Waals surface area contributed by atoms with Crippen LogP contribution in [0.1, 0.15) is 11.1 Å². The molecule has 0 saturated heterocycles. The first-order chi connectivity index (χ1) is 8.18. The third-order valence-electron chi connectivity index (χ3n) is 2.62. The van der Waals surface area contributed by atoms with E-state index in [1.165, 1.54) is 0 Å². The van der Waals surface area contributed by atoms with Crippen molar-refractivity contribution in [1.82, 2.24) is 4.98 Å². The number of benzene rings is 1. The summed E-state index contributed by atoms with van der Waals surface area (Å²) >= 11 is 12.1. The molecule has 0 aliphatic heterocycles. The molecule has 1 heterocycles. The van der Waals surface area contributed by atoms with Crippen LogP contribution in [0.4, 0.5) is 5.82 Å². The number of anilines is 1. The molecular formula is C13H12Cl2N2. The Balaban J connectivity index is 2.13. The molecule has 0 saturated carbocycles. The van der Waals surface area contributed by atoms with Gasteiger partial charge in [0.15, 0.2) is 0 Å². The van der Waals surface area contributed by atoms with E-state index in [0.717, 1.165) is 24.0 Å². The molecule has 0 spiro atoms. The van der Waals surface area contributed by atoms with Crippen molar-refractivity contribution in [2.24, 2.45) is 0 Å². The highest BCUT2D eigenvalue weighted by Crippen LogP contribution is 2.26. The summed E-state index contributed by atoms with van der Waals surface area (Å²) in [5, 5.41) is 1.21. The molecular weight excluding hydrogens is 255 g/mol. The first-order valence-corrected chi connectivity index (χ1v) is 6.06. The molecule has 1 aromatic heterocycles. The second-order valence-corrected chi connectivity index (χ2v) is 4.55. The van der Waals surface area contributed by atoms with Crippen LogP contribution in [0, 0.1) is 0 Å². The number of nitrogen functional groups attached to an aromatic ring is 1. The fraction of sp³-hybridized carbons (Fsp3) is 0.154. The molecule has 17 heavy (non-hydrogen) atoms. The maximum absolute atomic E-state index is 6.12. The molecule has 4 heteroatoms. The fourth-order valence-corrected chi connectivity index (χ4v) is 2.09. The predicted molar refractivity (Wildman–Crippen MR) is 72.5 cm³/mol. The molecule has 1 aromatic carbocycles. The highest BCUT2D eigenvalue weighted by molar-refractivity contribution is 6.42. The highest BCUT2D eigenvalue weighted by Gasteiger charge is 2.06. The maximum atomic E-state index is 6.12. The summed E-state index contributed by atoms with van der Waals surface area (Å²) in [7, 11) is 0. The first-order valence-electron chi connectivity index (χ1n) is 5.30. The molecule has 0 radical (unpaired) electrons. The smallest absolute Gasteiger partial charge is 0.126 e. The van der Waals surface area contributed by atoms with Gasteiger partial charge in [-0.1, -0.05) is 41.4 Å². The van der Waals surface area contributed by atoms with Crippen LogP contribution in [-0.4, -0.2) is 4.98 Å². The van der Waals surface area contributed by atoms with Crippen molar-refractivity contribution in [3.63, 3.8) is 0 Å². The predicted octanol–water partition coefficient (Wildman–Crippen LogP) is 3.76. The Morgan fingerprint density at radius 2 is 1.71 bits per heavy atom. The van der Waals surface area contributed by atoms with Gasteiger partial charge >= 0.3 is 0 Å². The van der Waals surface area contributed by atoms with Crippen LogP contribution in [0.5, 0.6) is 0 Å². The van der Waals surface area contributed by atoms with Crippen LogP contribution >= 0.6 is 23.2 Å². The molecule has 0 unspecified atom stereocenters. The van der Waals surface area contributed by atoms with Crippen LogP contribution in [0.2, 0.25) is 10.0 Å². The van der Waals surface area contributed by atoms with E-state index in [0.29, 0.717) is 15.9 Å². The van der Waals surface area contributed by atoms with Crippen molar-refractivity contribution in [3.8, 4) is 0 Å². The number of nitrogens with zero attached hydrogens (tertiary/aromatic N) is 1. The van der Waals surface area contributed by atoms with Crippen molar-refractivity contribution in [1.29, 1.82) is 0 Å². The maximum Gasteiger partial charge on any atom is 0.126 e. The van der Waals surface area contributed by atoms with Crippen molar-refractivity contribution in [3.05, 3.63) is 57.7 Å². The van der Waals surface area contributed by atoms with Gasteiger partial charge in [0.25, 0.3) is 0 Å². The second-order valence-electron chi connectivity index (χ2n) is 3.76. The van der Waals surface area contributed by atoms with E-state index in [9.17, 15) is 0 Å². The third kappa shape index (κ3) is 2.90. The number of halogens is 2. The van der Waals surface area contributed by atoms with E-state index in [2.05, 4.69) is 4.98 Å². The van der Waals surface area contributed by atoms with E-state index in [-0.39, 0.29) is 0 Å². The molecule has 0 bridgehead atoms. The SMILES string of the molecule is Nc1ncccc1CCc1cccc(Cl)c1Cl. The molecule has 2 aromatic rings. The molecule has 0 aliphatic rings. The monoisotopic (exact) mass is 266 g/mol. The molecule has 88 valence electrons. The summed E-state index contributed by atoms with van der Waals surface area (Å²) in [5.41, 5.74) is 7.84. The number of aryl methyl sites for hydroxylation is 2. The van der Waals surface area contributed by atoms with Gasteiger partial charge in [0.1, 0.15) is 5.82 Å². The highest BCUT2D eigenvalue weighted by atomic mass is 35.5. The summed E-state index contributed by atoms with van der Waals surface area (Å²) in [6.45, 7) is 0. The summed E-state index contributed by atoms with van der Waals surface area (Å²) in [6, 6.07) is 9.51. The van der Waals surface area contributed by atoms with Gasteiger partial charge in [-0.2, -0.15) is 0 Å². The zero-order valence-corrected chi connectivity index (χ0v) is 10.7. The minimum Gasteiger partial charge on any atom is -0.383 e. The number of hydrogen-bond acceptors (Lipinski definition) is 2. The van der Waals surface area contributed by atoms with Crippen LogP contribution in [0.15, 0.2) is 36.5 Å². The zero-order chi connectivity index (χ0) is 12.3. The lowest BCUT2D eigenvalue weighted by molar-refractivity contribution is 0.955. The lowest BCUT2D eigenvalue weighted by Gasteiger charge is -2.07. The Hall–Kier alpha value is -1.25. The van der Waals surface area contributed by atoms with Gasteiger partial charge in [-0.3, -0.25) is 0 Å². The second kappa shape index (κ2) is 5.39. The van der Waals surface area contributed by atoms with E-state index in [4.69, 9.17) is 28.9 Å². The van der Waals surface area contributed by atoms with Gasteiger partial charge in [0.05, 0.1) is 10.0 Å². The number of nitrogens with two attached hydrogens (primary N) is 1. The molecule has 2 rings (SSSR count). The molecule has 2 nitrogen and oxygen atoms in total. The van der Waals surface area contributed by atoms with Crippen LogP contribution < -0.4 is 5.73 Å². The third-order valence-corrected chi connectivity index (χ3v) is 3.48. The minimum absolute atomic E-state index is 0.575. The van der Waals surface area contributed by atoms with Gasteiger partial charge in [-0.25, -0.2) is 4.98 Å². The van der Waals surface area contributed by atoms with Crippen molar-refractivity contribution in [2.45, 2.75) is 12.8 Å². The minimum atomic E-state index is 0.575. The van der Waals surface area contributed by atoms with Crippen LogP contribution in [0.3, 0.4) is 0 Å². The molecule has 0 amide bonds. The molecule has 0 atom stereocenters. The summed E-state index contributed by atoms with van der Waals surface area (Å²) in [6.07, 6.45) is 3.29. The summed E-state index contributed by atoms with van der Waals surface area (Å²) < 4.78 is 0. The van der Waals surface area contributed by atoms with Gasteiger partial charge in [-0.15, -0.1) is 0 Å². The van der Waals surface area contributed by atoms with Crippen LogP contribution in [0.25, 0.3) is 0 Å². The van der Waals surface area contributed by atoms with Gasteiger partial charge < -0.3 is 5.73 Å². The molecule has 2 N–H and O–H groups in total. The van der Waals surface area contributed by atoms with Gasteiger partial charge in [0, 0.05) is 6.20 Å². The lowest BCUT2D eigenvalue weighted by Crippen LogP contribution is -1.99. The zero-order valence-electron chi connectivity index (χ0n) is 9.16. The Kier molecular flexibility index (Phi) is 3.87. The summed E-state index contributed by atoms with van der Waals surface area (Å²) in [4.78, 5) is 4.05. The normalized spacial score (nSPS) is 10.5. The largest absolute Gasteiger partial charge is 0.383 e. The Morgan fingerprint density at radius 3 is 2.47 bits per heavy atom. The standard InChI is InChI=1S/C13H12Cl2N2/c14-11-5-1-3-9(12(11)15)6-7-10-4-2-8-17-13(10)16/h1-5,8H,6-7H2,(H2,16,17). The van der Waals surface area contributed by atoms with E-state index >= 15 is 0 Å². The van der Waals surface area contributed by atoms with Crippen molar-refractivity contribution >= 4 is 29.0 Å². The fourth-order valence-electron chi connectivity index (χ4n) is 1.67. The average Bonchev–Trinajstić information content (AvgIpc) is 2.33. The Morgan fingerprint density at radius 1 is 1.00 bits per heavy atom. The molecule has 0 fully saturated rings. The van der Waals surface area contributed by atoms with Crippen molar-refractivity contribution < 1.29 is 0 Å². The number of rotatable bonds is 3. The summed E-state index contributed by atoms with van der Waals surface area (Å²) in [5.74, 6) is 0.575. The Bertz CT molecular complexity index is 527. The lowest BCUT2D eigenvalue weighted by atomic mass is 10.1. The number of pyridine rings is 1. The molecule has 0 aliphatic carbocycles. The Labute approximate surface area is 110 Å². The van der Waals surface area contributed by atoms with Gasteiger partial charge in [0.2, 0.25) is 0 Å². The van der Waals surface area contributed by atoms with Crippen LogP contribution in [-0.2, 0) is 12.8 Å². The first kappa shape index (κ1) is 12.2. The number of aromatic nitrogens is 1. The van der Waals surface area contributed by atoms with Crippen molar-refractivity contribution in [2.75, 3.05) is 5.73 Å². The van der Waals surface area contributed by atoms with E-state index in [1.807, 2.05) is 24.3 Å². The van der Waals surface area contributed by atoms with Gasteiger partial charge in [-0.05, 0) is 36.1 Å². The number of hydrogen-bond donors (Lipinski definition) is 1. The van der Waals surface area contributed by atoms with E-state index in [1.54, 1.807) is 12.3 Å². The quantitative estimate of drug-likeness (QED) is 0.919. The average molecular weight is 267 g/mol. The van der Waals surface area contributed by atoms with E-state index < -0.39 is 0 Å².